The molecule has 0 unspecified atom stereocenters. The highest BCUT2D eigenvalue weighted by atomic mass is 35.5. The Kier molecular flexibility index (Phi) is 6.60. The molecule has 1 aromatic heterocycles. The van der Waals surface area contributed by atoms with Crippen molar-refractivity contribution in [2.45, 2.75) is 33.4 Å². The molecule has 4 heteroatoms. The fourth-order valence-corrected chi connectivity index (χ4v) is 2.09. The fraction of sp³-hybridized carbons (Fsp3) is 0.400. The van der Waals surface area contributed by atoms with Gasteiger partial charge < -0.3 is 5.32 Å². The Bertz CT molecular complexity index is 479. The number of benzene rings is 1. The van der Waals surface area contributed by atoms with E-state index < -0.39 is 0 Å². The van der Waals surface area contributed by atoms with E-state index in [1.165, 1.54) is 16.8 Å². The number of halogens is 1. The van der Waals surface area contributed by atoms with Gasteiger partial charge in [0.1, 0.15) is 0 Å². The van der Waals surface area contributed by atoms with E-state index in [1.54, 1.807) is 0 Å². The van der Waals surface area contributed by atoms with E-state index in [9.17, 15) is 0 Å². The van der Waals surface area contributed by atoms with Gasteiger partial charge in [0, 0.05) is 13.1 Å². The highest BCUT2D eigenvalue weighted by Gasteiger charge is 2.04. The number of aromatic nitrogens is 2. The summed E-state index contributed by atoms with van der Waals surface area (Å²) in [6.07, 6.45) is 3.01. The molecule has 0 amide bonds. The van der Waals surface area contributed by atoms with E-state index >= 15 is 0 Å². The van der Waals surface area contributed by atoms with Crippen LogP contribution in [0.5, 0.6) is 0 Å². The van der Waals surface area contributed by atoms with Crippen molar-refractivity contribution in [3.63, 3.8) is 0 Å². The second-order valence-electron chi connectivity index (χ2n) is 4.50. The summed E-state index contributed by atoms with van der Waals surface area (Å²) < 4.78 is 2.06. The minimum absolute atomic E-state index is 0. The van der Waals surface area contributed by atoms with Crippen molar-refractivity contribution in [1.82, 2.24) is 15.1 Å². The van der Waals surface area contributed by atoms with Crippen LogP contribution in [0.3, 0.4) is 0 Å². The van der Waals surface area contributed by atoms with Crippen LogP contribution in [0.15, 0.2) is 36.5 Å². The molecule has 0 fully saturated rings. The van der Waals surface area contributed by atoms with Gasteiger partial charge >= 0.3 is 0 Å². The van der Waals surface area contributed by atoms with E-state index in [4.69, 9.17) is 0 Å². The molecule has 0 aliphatic heterocycles. The first-order valence-electron chi connectivity index (χ1n) is 6.57. The van der Waals surface area contributed by atoms with Gasteiger partial charge in [-0.2, -0.15) is 5.10 Å². The standard InChI is InChI=1S/C15H21N3.ClH/c1-3-18-15(13(2)11-17-18)12-16-10-9-14-7-5-4-6-8-14;/h4-8,11,16H,3,9-10,12H2,1-2H3;1H. The predicted octanol–water partition coefficient (Wildman–Crippen LogP) is 2.97. The second-order valence-corrected chi connectivity index (χ2v) is 4.50. The molecule has 1 heterocycles. The van der Waals surface area contributed by atoms with Gasteiger partial charge in [-0.3, -0.25) is 4.68 Å². The molecular formula is C15H22ClN3. The van der Waals surface area contributed by atoms with Crippen LogP contribution in [0, 0.1) is 6.92 Å². The van der Waals surface area contributed by atoms with E-state index in [2.05, 4.69) is 59.3 Å². The van der Waals surface area contributed by atoms with Gasteiger partial charge in [0.25, 0.3) is 0 Å². The number of hydrogen-bond acceptors (Lipinski definition) is 2. The summed E-state index contributed by atoms with van der Waals surface area (Å²) in [7, 11) is 0. The molecule has 0 spiro atoms. The fourth-order valence-electron chi connectivity index (χ4n) is 2.09. The molecule has 2 rings (SSSR count). The molecule has 1 aromatic carbocycles. The number of aryl methyl sites for hydroxylation is 2. The Morgan fingerprint density at radius 2 is 1.95 bits per heavy atom. The number of nitrogens with zero attached hydrogens (tertiary/aromatic N) is 2. The normalized spacial score (nSPS) is 10.2. The third kappa shape index (κ3) is 4.37. The van der Waals surface area contributed by atoms with Gasteiger partial charge in [-0.1, -0.05) is 30.3 Å². The van der Waals surface area contributed by atoms with Crippen molar-refractivity contribution >= 4 is 12.4 Å². The van der Waals surface area contributed by atoms with Crippen LogP contribution < -0.4 is 5.32 Å². The van der Waals surface area contributed by atoms with E-state index in [-0.39, 0.29) is 12.4 Å². The average Bonchev–Trinajstić information content (AvgIpc) is 2.77. The van der Waals surface area contributed by atoms with Crippen molar-refractivity contribution in [2.24, 2.45) is 0 Å². The van der Waals surface area contributed by atoms with Crippen molar-refractivity contribution in [3.05, 3.63) is 53.3 Å². The zero-order valence-electron chi connectivity index (χ0n) is 11.6. The first kappa shape index (κ1) is 15.7. The van der Waals surface area contributed by atoms with Crippen LogP contribution >= 0.6 is 12.4 Å². The van der Waals surface area contributed by atoms with Gasteiger partial charge in [0.15, 0.2) is 0 Å². The highest BCUT2D eigenvalue weighted by molar-refractivity contribution is 5.85. The summed E-state index contributed by atoms with van der Waals surface area (Å²) in [4.78, 5) is 0. The molecule has 2 aromatic rings. The summed E-state index contributed by atoms with van der Waals surface area (Å²) >= 11 is 0. The smallest absolute Gasteiger partial charge is 0.0551 e. The molecule has 19 heavy (non-hydrogen) atoms. The zero-order chi connectivity index (χ0) is 12.8. The van der Waals surface area contributed by atoms with E-state index in [0.717, 1.165) is 26.1 Å². The maximum atomic E-state index is 4.35. The molecule has 0 aliphatic rings. The first-order chi connectivity index (χ1) is 8.81. The minimum atomic E-state index is 0. The van der Waals surface area contributed by atoms with Crippen LogP contribution in [0.25, 0.3) is 0 Å². The lowest BCUT2D eigenvalue weighted by Gasteiger charge is -2.08. The second kappa shape index (κ2) is 7.97. The SMILES string of the molecule is CCn1ncc(C)c1CNCCc1ccccc1.Cl. The van der Waals surface area contributed by atoms with Gasteiger partial charge in [-0.25, -0.2) is 0 Å². The molecule has 104 valence electrons. The Balaban J connectivity index is 0.00000180. The van der Waals surface area contributed by atoms with Gasteiger partial charge in [0.05, 0.1) is 11.9 Å². The Hall–Kier alpha value is -1.32. The topological polar surface area (TPSA) is 29.9 Å². The maximum Gasteiger partial charge on any atom is 0.0551 e. The summed E-state index contributed by atoms with van der Waals surface area (Å²) in [5.41, 5.74) is 3.94. The van der Waals surface area contributed by atoms with Crippen LogP contribution in [0.4, 0.5) is 0 Å². The van der Waals surface area contributed by atoms with Gasteiger partial charge in [-0.15, -0.1) is 12.4 Å². The van der Waals surface area contributed by atoms with Crippen molar-refractivity contribution in [1.29, 1.82) is 0 Å². The molecule has 0 saturated carbocycles. The Labute approximate surface area is 121 Å². The minimum Gasteiger partial charge on any atom is -0.311 e. The lowest BCUT2D eigenvalue weighted by atomic mass is 10.1. The molecule has 0 saturated heterocycles. The third-order valence-electron chi connectivity index (χ3n) is 3.18. The lowest BCUT2D eigenvalue weighted by Crippen LogP contribution is -2.19. The number of hydrogen-bond donors (Lipinski definition) is 1. The van der Waals surface area contributed by atoms with Crippen LogP contribution in [0.1, 0.15) is 23.7 Å². The Morgan fingerprint density at radius 3 is 2.63 bits per heavy atom. The molecule has 0 aliphatic carbocycles. The summed E-state index contributed by atoms with van der Waals surface area (Å²) in [6, 6.07) is 10.6. The summed E-state index contributed by atoms with van der Waals surface area (Å²) in [6.45, 7) is 7.07. The number of nitrogens with one attached hydrogen (secondary N) is 1. The largest absolute Gasteiger partial charge is 0.311 e. The van der Waals surface area contributed by atoms with Gasteiger partial charge in [0.2, 0.25) is 0 Å². The Morgan fingerprint density at radius 1 is 1.21 bits per heavy atom. The van der Waals surface area contributed by atoms with Crippen LogP contribution in [0.2, 0.25) is 0 Å². The monoisotopic (exact) mass is 279 g/mol. The first-order valence-corrected chi connectivity index (χ1v) is 6.57. The zero-order valence-corrected chi connectivity index (χ0v) is 12.4. The third-order valence-corrected chi connectivity index (χ3v) is 3.18. The molecule has 0 bridgehead atoms. The van der Waals surface area contributed by atoms with Gasteiger partial charge in [-0.05, 0) is 37.9 Å². The summed E-state index contributed by atoms with van der Waals surface area (Å²) in [5.74, 6) is 0. The van der Waals surface area contributed by atoms with E-state index in [0.29, 0.717) is 0 Å². The highest BCUT2D eigenvalue weighted by Crippen LogP contribution is 2.06. The lowest BCUT2D eigenvalue weighted by molar-refractivity contribution is 0.580. The van der Waals surface area contributed by atoms with Crippen molar-refractivity contribution in [3.8, 4) is 0 Å². The summed E-state index contributed by atoms with van der Waals surface area (Å²) in [5, 5.41) is 7.84. The quantitative estimate of drug-likeness (QED) is 0.824. The van der Waals surface area contributed by atoms with Crippen molar-refractivity contribution < 1.29 is 0 Å². The average molecular weight is 280 g/mol. The molecule has 3 nitrogen and oxygen atoms in total. The molecule has 1 N–H and O–H groups in total. The molecular weight excluding hydrogens is 258 g/mol. The number of rotatable bonds is 6. The maximum absolute atomic E-state index is 4.35. The van der Waals surface area contributed by atoms with Crippen LogP contribution in [-0.4, -0.2) is 16.3 Å². The van der Waals surface area contributed by atoms with Crippen molar-refractivity contribution in [2.75, 3.05) is 6.54 Å². The molecule has 0 radical (unpaired) electrons. The molecule has 0 atom stereocenters. The van der Waals surface area contributed by atoms with Crippen LogP contribution in [-0.2, 0) is 19.5 Å². The predicted molar refractivity (Wildman–Crippen MR) is 81.7 cm³/mol. The van der Waals surface area contributed by atoms with E-state index in [1.807, 2.05) is 6.20 Å².